The first-order chi connectivity index (χ1) is 10.1. The van der Waals surface area contributed by atoms with Crippen LogP contribution in [0.2, 0.25) is 10.0 Å². The van der Waals surface area contributed by atoms with E-state index in [-0.39, 0.29) is 6.61 Å². The van der Waals surface area contributed by atoms with E-state index >= 15 is 0 Å². The summed E-state index contributed by atoms with van der Waals surface area (Å²) in [5.41, 5.74) is 8.90. The van der Waals surface area contributed by atoms with Gasteiger partial charge in [0, 0.05) is 17.8 Å². The van der Waals surface area contributed by atoms with Crippen molar-refractivity contribution in [1.82, 2.24) is 9.55 Å². The number of rotatable bonds is 3. The lowest BCUT2D eigenvalue weighted by Crippen LogP contribution is -2.04. The summed E-state index contributed by atoms with van der Waals surface area (Å²) in [6.07, 6.45) is 0. The van der Waals surface area contributed by atoms with E-state index in [2.05, 4.69) is 4.98 Å². The van der Waals surface area contributed by atoms with Crippen LogP contribution in [0.15, 0.2) is 36.4 Å². The van der Waals surface area contributed by atoms with Gasteiger partial charge in [-0.05, 0) is 36.4 Å². The lowest BCUT2D eigenvalue weighted by atomic mass is 10.2. The molecular weight excluding hydrogens is 309 g/mol. The van der Waals surface area contributed by atoms with Crippen molar-refractivity contribution < 1.29 is 5.11 Å². The molecule has 3 rings (SSSR count). The number of nitrogens with two attached hydrogens (primary N) is 1. The maximum Gasteiger partial charge on any atom is 0.141 e. The van der Waals surface area contributed by atoms with Crippen molar-refractivity contribution in [1.29, 1.82) is 0 Å². The van der Waals surface area contributed by atoms with Crippen molar-refractivity contribution in [3.63, 3.8) is 0 Å². The quantitative estimate of drug-likeness (QED) is 0.724. The summed E-state index contributed by atoms with van der Waals surface area (Å²) in [4.78, 5) is 4.60. The van der Waals surface area contributed by atoms with Gasteiger partial charge in [-0.1, -0.05) is 23.2 Å². The molecular formula is C15H13Cl2N3O. The van der Waals surface area contributed by atoms with Crippen LogP contribution in [-0.2, 0) is 6.54 Å². The molecule has 4 nitrogen and oxygen atoms in total. The Kier molecular flexibility index (Phi) is 3.76. The van der Waals surface area contributed by atoms with Gasteiger partial charge in [0.25, 0.3) is 0 Å². The molecule has 0 unspecified atom stereocenters. The Morgan fingerprint density at radius 2 is 1.76 bits per heavy atom. The Balaban J connectivity index is 2.25. The monoisotopic (exact) mass is 321 g/mol. The Hall–Kier alpha value is -1.75. The standard InChI is InChI=1S/C15H13Cl2N3O/c16-11-7-13-14(8-12(11)17)20(5-6-21)15(19-13)9-1-3-10(18)4-2-9/h1-4,7-8,21H,5-6,18H2. The number of anilines is 1. The Labute approximate surface area is 131 Å². The minimum absolute atomic E-state index is 0.00762. The zero-order chi connectivity index (χ0) is 15.0. The first-order valence-corrected chi connectivity index (χ1v) is 7.18. The molecule has 0 saturated heterocycles. The molecule has 0 aliphatic carbocycles. The molecule has 108 valence electrons. The summed E-state index contributed by atoms with van der Waals surface area (Å²) in [7, 11) is 0. The van der Waals surface area contributed by atoms with Crippen molar-refractivity contribution in [3.05, 3.63) is 46.4 Å². The number of aliphatic hydroxyl groups excluding tert-OH is 1. The molecule has 0 fully saturated rings. The minimum atomic E-state index is 0.00762. The first-order valence-electron chi connectivity index (χ1n) is 6.42. The summed E-state index contributed by atoms with van der Waals surface area (Å²) >= 11 is 12.1. The van der Waals surface area contributed by atoms with Crippen molar-refractivity contribution in [2.45, 2.75) is 6.54 Å². The topological polar surface area (TPSA) is 64.1 Å². The van der Waals surface area contributed by atoms with Gasteiger partial charge in [0.2, 0.25) is 0 Å². The summed E-state index contributed by atoms with van der Waals surface area (Å²) in [5, 5.41) is 10.2. The average Bonchev–Trinajstić information content (AvgIpc) is 2.79. The highest BCUT2D eigenvalue weighted by molar-refractivity contribution is 6.42. The molecule has 0 bridgehead atoms. The molecule has 6 heteroatoms. The van der Waals surface area contributed by atoms with Gasteiger partial charge in [-0.3, -0.25) is 0 Å². The van der Waals surface area contributed by atoms with E-state index in [1.807, 2.05) is 28.8 Å². The second kappa shape index (κ2) is 5.56. The number of nitrogen functional groups attached to an aromatic ring is 1. The van der Waals surface area contributed by atoms with Gasteiger partial charge in [-0.25, -0.2) is 4.98 Å². The molecule has 0 aliphatic rings. The van der Waals surface area contributed by atoms with Gasteiger partial charge in [0.1, 0.15) is 5.82 Å². The number of benzene rings is 2. The minimum Gasteiger partial charge on any atom is -0.399 e. The van der Waals surface area contributed by atoms with E-state index in [1.54, 1.807) is 12.1 Å². The number of hydrogen-bond donors (Lipinski definition) is 2. The van der Waals surface area contributed by atoms with Crippen LogP contribution in [0, 0.1) is 0 Å². The molecule has 0 atom stereocenters. The molecule has 0 radical (unpaired) electrons. The summed E-state index contributed by atoms with van der Waals surface area (Å²) < 4.78 is 1.92. The second-order valence-electron chi connectivity index (χ2n) is 4.69. The lowest BCUT2D eigenvalue weighted by molar-refractivity contribution is 0.278. The number of nitrogens with zero attached hydrogens (tertiary/aromatic N) is 2. The molecule has 1 aromatic heterocycles. The van der Waals surface area contributed by atoms with Crippen LogP contribution in [0.1, 0.15) is 0 Å². The summed E-state index contributed by atoms with van der Waals surface area (Å²) in [6.45, 7) is 0.432. The summed E-state index contributed by atoms with van der Waals surface area (Å²) in [6, 6.07) is 10.9. The molecule has 3 N–H and O–H groups in total. The maximum atomic E-state index is 9.31. The fraction of sp³-hybridized carbons (Fsp3) is 0.133. The molecule has 0 saturated carbocycles. The van der Waals surface area contributed by atoms with E-state index in [0.29, 0.717) is 22.3 Å². The fourth-order valence-corrected chi connectivity index (χ4v) is 2.61. The molecule has 0 spiro atoms. The van der Waals surface area contributed by atoms with Crippen LogP contribution in [0.4, 0.5) is 5.69 Å². The number of hydrogen-bond acceptors (Lipinski definition) is 3. The van der Waals surface area contributed by atoms with Crippen LogP contribution >= 0.6 is 23.2 Å². The van der Waals surface area contributed by atoms with Crippen LogP contribution in [0.5, 0.6) is 0 Å². The van der Waals surface area contributed by atoms with Crippen molar-refractivity contribution >= 4 is 39.9 Å². The average molecular weight is 322 g/mol. The van der Waals surface area contributed by atoms with E-state index in [9.17, 15) is 5.11 Å². The predicted molar refractivity (Wildman–Crippen MR) is 86.7 cm³/mol. The molecule has 1 heterocycles. The third-order valence-corrected chi connectivity index (χ3v) is 4.00. The zero-order valence-electron chi connectivity index (χ0n) is 11.1. The van der Waals surface area contributed by atoms with E-state index in [1.165, 1.54) is 0 Å². The predicted octanol–water partition coefficient (Wildman–Crippen LogP) is 3.58. The van der Waals surface area contributed by atoms with Crippen molar-refractivity contribution in [2.24, 2.45) is 0 Å². The SMILES string of the molecule is Nc1ccc(-c2nc3cc(Cl)c(Cl)cc3n2CCO)cc1. The number of imidazole rings is 1. The zero-order valence-corrected chi connectivity index (χ0v) is 12.6. The van der Waals surface area contributed by atoms with Gasteiger partial charge in [0.15, 0.2) is 0 Å². The Bertz CT molecular complexity index is 797. The van der Waals surface area contributed by atoms with Gasteiger partial charge in [0.05, 0.1) is 27.7 Å². The third kappa shape index (κ3) is 2.58. The number of halogens is 2. The van der Waals surface area contributed by atoms with Crippen LogP contribution in [0.3, 0.4) is 0 Å². The van der Waals surface area contributed by atoms with E-state index in [4.69, 9.17) is 28.9 Å². The van der Waals surface area contributed by atoms with E-state index in [0.717, 1.165) is 22.4 Å². The molecule has 3 aromatic rings. The smallest absolute Gasteiger partial charge is 0.141 e. The third-order valence-electron chi connectivity index (χ3n) is 3.28. The van der Waals surface area contributed by atoms with Gasteiger partial charge >= 0.3 is 0 Å². The van der Waals surface area contributed by atoms with Crippen LogP contribution in [0.25, 0.3) is 22.4 Å². The highest BCUT2D eigenvalue weighted by Gasteiger charge is 2.14. The number of aromatic nitrogens is 2. The van der Waals surface area contributed by atoms with Gasteiger partial charge < -0.3 is 15.4 Å². The lowest BCUT2D eigenvalue weighted by Gasteiger charge is -2.08. The second-order valence-corrected chi connectivity index (χ2v) is 5.50. The fourth-order valence-electron chi connectivity index (χ4n) is 2.30. The molecule has 2 aromatic carbocycles. The van der Waals surface area contributed by atoms with Gasteiger partial charge in [-0.15, -0.1) is 0 Å². The normalized spacial score (nSPS) is 11.2. The highest BCUT2D eigenvalue weighted by Crippen LogP contribution is 2.31. The number of fused-ring (bicyclic) bond motifs is 1. The van der Waals surface area contributed by atoms with Gasteiger partial charge in [-0.2, -0.15) is 0 Å². The number of aliphatic hydroxyl groups is 1. The highest BCUT2D eigenvalue weighted by atomic mass is 35.5. The molecule has 0 aliphatic heterocycles. The molecule has 21 heavy (non-hydrogen) atoms. The molecule has 0 amide bonds. The van der Waals surface area contributed by atoms with E-state index < -0.39 is 0 Å². The maximum absolute atomic E-state index is 9.31. The largest absolute Gasteiger partial charge is 0.399 e. The van der Waals surface area contributed by atoms with Crippen molar-refractivity contribution in [3.8, 4) is 11.4 Å². The Morgan fingerprint density at radius 3 is 2.43 bits per heavy atom. The van der Waals surface area contributed by atoms with Crippen molar-refractivity contribution in [2.75, 3.05) is 12.3 Å². The van der Waals surface area contributed by atoms with Crippen LogP contribution in [-0.4, -0.2) is 21.3 Å². The Morgan fingerprint density at radius 1 is 1.10 bits per heavy atom. The first kappa shape index (κ1) is 14.2. The summed E-state index contributed by atoms with van der Waals surface area (Å²) in [5.74, 6) is 0.748. The van der Waals surface area contributed by atoms with Crippen LogP contribution < -0.4 is 5.73 Å².